The zero-order valence-corrected chi connectivity index (χ0v) is 15.4. The highest BCUT2D eigenvalue weighted by Gasteiger charge is 2.22. The highest BCUT2D eigenvalue weighted by atomic mass is 19.1. The molecule has 0 bridgehead atoms. The summed E-state index contributed by atoms with van der Waals surface area (Å²) in [6.07, 6.45) is 1.54. The van der Waals surface area contributed by atoms with Crippen molar-refractivity contribution in [2.45, 2.75) is 33.2 Å². The maximum absolute atomic E-state index is 14.3. The lowest BCUT2D eigenvalue weighted by atomic mass is 10.1. The minimum Gasteiger partial charge on any atom is -0.497 e. The molecule has 3 aromatic rings. The Morgan fingerprint density at radius 2 is 2.00 bits per heavy atom. The van der Waals surface area contributed by atoms with E-state index in [1.54, 1.807) is 28.9 Å². The lowest BCUT2D eigenvalue weighted by Crippen LogP contribution is -2.40. The molecule has 0 atom stereocenters. The number of methoxy groups -OCH3 is 1. The van der Waals surface area contributed by atoms with Crippen molar-refractivity contribution in [3.8, 4) is 17.0 Å². The average molecular weight is 356 g/mol. The maximum Gasteiger partial charge on any atom is 0.274 e. The molecular weight excluding hydrogens is 335 g/mol. The van der Waals surface area contributed by atoms with Crippen LogP contribution in [0.15, 0.2) is 30.6 Å². The molecule has 6 nitrogen and oxygen atoms in total. The molecule has 0 aliphatic heterocycles. The van der Waals surface area contributed by atoms with Crippen molar-refractivity contribution in [1.82, 2.24) is 19.7 Å². The Morgan fingerprint density at radius 1 is 1.27 bits per heavy atom. The summed E-state index contributed by atoms with van der Waals surface area (Å²) in [5, 5.41) is 2.87. The highest BCUT2D eigenvalue weighted by Crippen LogP contribution is 2.27. The number of carbonyl (C=O) groups is 1. The Hall–Kier alpha value is -2.96. The van der Waals surface area contributed by atoms with Gasteiger partial charge in [-0.1, -0.05) is 0 Å². The SMILES string of the molecule is COc1ccc(F)c(-c2cc(C)n3cnc(C(=O)NC(C)(C)C)c3n2)c1. The second kappa shape index (κ2) is 6.40. The molecule has 1 amide bonds. The van der Waals surface area contributed by atoms with Crippen LogP contribution in [0.5, 0.6) is 5.75 Å². The summed E-state index contributed by atoms with van der Waals surface area (Å²) in [7, 11) is 1.52. The smallest absolute Gasteiger partial charge is 0.274 e. The molecule has 1 aromatic carbocycles. The molecule has 0 aliphatic carbocycles. The molecule has 2 aromatic heterocycles. The molecule has 0 spiro atoms. The number of carbonyl (C=O) groups excluding carboxylic acids is 1. The van der Waals surface area contributed by atoms with Gasteiger partial charge in [0, 0.05) is 16.8 Å². The second-order valence-corrected chi connectivity index (χ2v) is 7.12. The van der Waals surface area contributed by atoms with Gasteiger partial charge in [0.1, 0.15) is 17.9 Å². The molecule has 0 saturated heterocycles. The van der Waals surface area contributed by atoms with Crippen LogP contribution in [0.4, 0.5) is 4.39 Å². The van der Waals surface area contributed by atoms with E-state index in [9.17, 15) is 9.18 Å². The van der Waals surface area contributed by atoms with Gasteiger partial charge in [0.05, 0.1) is 12.8 Å². The van der Waals surface area contributed by atoms with Crippen LogP contribution in [0.25, 0.3) is 16.9 Å². The summed E-state index contributed by atoms with van der Waals surface area (Å²) in [6.45, 7) is 7.51. The van der Waals surface area contributed by atoms with Gasteiger partial charge in [-0.2, -0.15) is 0 Å². The molecule has 1 N–H and O–H groups in total. The molecule has 0 aliphatic rings. The lowest BCUT2D eigenvalue weighted by molar-refractivity contribution is 0.0916. The number of aromatic nitrogens is 3. The van der Waals surface area contributed by atoms with Crippen LogP contribution in [0.3, 0.4) is 0 Å². The first-order valence-electron chi connectivity index (χ1n) is 8.21. The first-order valence-corrected chi connectivity index (χ1v) is 8.21. The van der Waals surface area contributed by atoms with Gasteiger partial charge in [-0.05, 0) is 52.0 Å². The third-order valence-electron chi connectivity index (χ3n) is 3.85. The summed E-state index contributed by atoms with van der Waals surface area (Å²) in [4.78, 5) is 21.2. The van der Waals surface area contributed by atoms with E-state index in [1.807, 2.05) is 27.7 Å². The number of nitrogens with one attached hydrogen (secondary N) is 1. The molecule has 3 rings (SSSR count). The van der Waals surface area contributed by atoms with Crippen LogP contribution in [0.1, 0.15) is 37.0 Å². The van der Waals surface area contributed by atoms with E-state index in [2.05, 4.69) is 15.3 Å². The van der Waals surface area contributed by atoms with Gasteiger partial charge in [-0.3, -0.25) is 9.20 Å². The normalized spacial score (nSPS) is 11.6. The topological polar surface area (TPSA) is 68.5 Å². The average Bonchev–Trinajstić information content (AvgIpc) is 2.98. The Balaban J connectivity index is 2.15. The Kier molecular flexibility index (Phi) is 4.39. The number of fused-ring (bicyclic) bond motifs is 1. The van der Waals surface area contributed by atoms with E-state index < -0.39 is 11.4 Å². The summed E-state index contributed by atoms with van der Waals surface area (Å²) < 4.78 is 21.2. The van der Waals surface area contributed by atoms with Crippen LogP contribution < -0.4 is 10.1 Å². The van der Waals surface area contributed by atoms with Crippen molar-refractivity contribution in [1.29, 1.82) is 0 Å². The summed E-state index contributed by atoms with van der Waals surface area (Å²) in [5.41, 5.74) is 1.68. The zero-order valence-electron chi connectivity index (χ0n) is 15.4. The van der Waals surface area contributed by atoms with Gasteiger partial charge in [-0.25, -0.2) is 14.4 Å². The highest BCUT2D eigenvalue weighted by molar-refractivity contribution is 5.98. The summed E-state index contributed by atoms with van der Waals surface area (Å²) in [5.74, 6) is -0.211. The minimum absolute atomic E-state index is 0.202. The van der Waals surface area contributed by atoms with E-state index in [4.69, 9.17) is 4.74 Å². The summed E-state index contributed by atoms with van der Waals surface area (Å²) >= 11 is 0. The van der Waals surface area contributed by atoms with Crippen molar-refractivity contribution in [2.24, 2.45) is 0 Å². The molecule has 2 heterocycles. The van der Waals surface area contributed by atoms with Gasteiger partial charge in [-0.15, -0.1) is 0 Å². The Bertz CT molecular complexity index is 989. The number of aryl methyl sites for hydroxylation is 1. The van der Waals surface area contributed by atoms with Gasteiger partial charge < -0.3 is 10.1 Å². The number of amides is 1. The minimum atomic E-state index is -0.415. The fraction of sp³-hybridized carbons (Fsp3) is 0.316. The van der Waals surface area contributed by atoms with Gasteiger partial charge in [0.15, 0.2) is 11.3 Å². The number of halogens is 1. The summed E-state index contributed by atoms with van der Waals surface area (Å²) in [6, 6.07) is 6.21. The molecule has 0 saturated carbocycles. The molecule has 26 heavy (non-hydrogen) atoms. The first-order chi connectivity index (χ1) is 12.2. The largest absolute Gasteiger partial charge is 0.497 e. The quantitative estimate of drug-likeness (QED) is 0.781. The number of nitrogens with zero attached hydrogens (tertiary/aromatic N) is 3. The number of benzene rings is 1. The Labute approximate surface area is 151 Å². The van der Waals surface area contributed by atoms with Crippen LogP contribution >= 0.6 is 0 Å². The van der Waals surface area contributed by atoms with Crippen molar-refractivity contribution in [3.05, 3.63) is 47.8 Å². The third-order valence-corrected chi connectivity index (χ3v) is 3.85. The standard InChI is InChI=1S/C19H21FN4O2/c1-11-8-15(13-9-12(26-5)6-7-14(13)20)22-17-16(21-10-24(11)17)18(25)23-19(2,3)4/h6-10H,1-5H3,(H,23,25). The van der Waals surface area contributed by atoms with E-state index in [-0.39, 0.29) is 11.6 Å². The van der Waals surface area contributed by atoms with E-state index in [1.165, 1.54) is 13.2 Å². The predicted molar refractivity (Wildman–Crippen MR) is 96.9 cm³/mol. The predicted octanol–water partition coefficient (Wildman–Crippen LogP) is 3.38. The van der Waals surface area contributed by atoms with Gasteiger partial charge in [0.2, 0.25) is 0 Å². The fourth-order valence-corrected chi connectivity index (χ4v) is 2.65. The Morgan fingerprint density at radius 3 is 2.65 bits per heavy atom. The van der Waals surface area contributed by atoms with Gasteiger partial charge >= 0.3 is 0 Å². The first kappa shape index (κ1) is 17.8. The monoisotopic (exact) mass is 356 g/mol. The maximum atomic E-state index is 14.3. The second-order valence-electron chi connectivity index (χ2n) is 7.12. The van der Waals surface area contributed by atoms with E-state index in [0.29, 0.717) is 22.7 Å². The third kappa shape index (κ3) is 3.37. The number of imidazole rings is 1. The number of rotatable bonds is 3. The molecule has 0 radical (unpaired) electrons. The number of hydrogen-bond donors (Lipinski definition) is 1. The fourth-order valence-electron chi connectivity index (χ4n) is 2.65. The van der Waals surface area contributed by atoms with Gasteiger partial charge in [0.25, 0.3) is 5.91 Å². The van der Waals surface area contributed by atoms with Crippen LogP contribution in [-0.4, -0.2) is 32.9 Å². The van der Waals surface area contributed by atoms with Crippen LogP contribution in [0.2, 0.25) is 0 Å². The molecule has 0 fully saturated rings. The van der Waals surface area contributed by atoms with E-state index >= 15 is 0 Å². The van der Waals surface area contributed by atoms with E-state index in [0.717, 1.165) is 5.69 Å². The number of ether oxygens (including phenoxy) is 1. The molecule has 7 heteroatoms. The number of hydrogen-bond acceptors (Lipinski definition) is 4. The van der Waals surface area contributed by atoms with Crippen LogP contribution in [-0.2, 0) is 0 Å². The molecular formula is C19H21FN4O2. The zero-order chi connectivity index (χ0) is 19.1. The molecule has 0 unspecified atom stereocenters. The van der Waals surface area contributed by atoms with Crippen molar-refractivity contribution < 1.29 is 13.9 Å². The van der Waals surface area contributed by atoms with Crippen molar-refractivity contribution in [2.75, 3.05) is 7.11 Å². The molecule has 136 valence electrons. The van der Waals surface area contributed by atoms with Crippen LogP contribution in [0, 0.1) is 12.7 Å². The van der Waals surface area contributed by atoms with Crippen molar-refractivity contribution in [3.63, 3.8) is 0 Å². The van der Waals surface area contributed by atoms with Crippen molar-refractivity contribution >= 4 is 11.6 Å². The lowest BCUT2D eigenvalue weighted by Gasteiger charge is -2.19.